The van der Waals surface area contributed by atoms with E-state index in [9.17, 15) is 4.79 Å². The summed E-state index contributed by atoms with van der Waals surface area (Å²) in [5.41, 5.74) is 2.62. The molecule has 0 aliphatic heterocycles. The van der Waals surface area contributed by atoms with Gasteiger partial charge in [-0.3, -0.25) is 0 Å². The third kappa shape index (κ3) is 9.95. The molecule has 0 spiro atoms. The number of hydrogen-bond acceptors (Lipinski definition) is 4. The molecule has 3 aromatic carbocycles. The Morgan fingerprint density at radius 3 is 1.78 bits per heavy atom. The van der Waals surface area contributed by atoms with Crippen molar-refractivity contribution >= 4 is 5.97 Å². The van der Waals surface area contributed by atoms with Crippen LogP contribution in [0.4, 0.5) is 0 Å². The van der Waals surface area contributed by atoms with Gasteiger partial charge in [-0.25, -0.2) is 4.79 Å². The standard InChI is InChI=1S/C33H42O4/c1-4-6-7-8-9-10-11-24-35-30-20-22-32(23-21-30)37-33(34)29-14-12-27(13-15-29)28-16-18-31(19-17-28)36-25-26(3)5-2/h12-23,26H,4-11,24-25H2,1-3H3. The monoisotopic (exact) mass is 502 g/mol. The molecule has 4 heteroatoms. The highest BCUT2D eigenvalue weighted by Crippen LogP contribution is 2.24. The maximum absolute atomic E-state index is 12.6. The van der Waals surface area contributed by atoms with Gasteiger partial charge in [-0.05, 0) is 72.0 Å². The molecule has 0 aromatic heterocycles. The van der Waals surface area contributed by atoms with Crippen LogP contribution < -0.4 is 14.2 Å². The summed E-state index contributed by atoms with van der Waals surface area (Å²) in [4.78, 5) is 12.6. The summed E-state index contributed by atoms with van der Waals surface area (Å²) >= 11 is 0. The first-order valence-electron chi connectivity index (χ1n) is 13.9. The van der Waals surface area contributed by atoms with E-state index in [0.29, 0.717) is 23.8 Å². The van der Waals surface area contributed by atoms with Crippen LogP contribution in [0.1, 0.15) is 82.5 Å². The Balaban J connectivity index is 1.43. The largest absolute Gasteiger partial charge is 0.494 e. The van der Waals surface area contributed by atoms with Crippen molar-refractivity contribution in [2.45, 2.75) is 72.1 Å². The topological polar surface area (TPSA) is 44.8 Å². The van der Waals surface area contributed by atoms with Gasteiger partial charge in [0.1, 0.15) is 17.2 Å². The molecule has 0 aliphatic rings. The fourth-order valence-electron chi connectivity index (χ4n) is 3.92. The van der Waals surface area contributed by atoms with Crippen LogP contribution in [0.5, 0.6) is 17.2 Å². The minimum atomic E-state index is -0.378. The molecule has 0 aliphatic carbocycles. The normalized spacial score (nSPS) is 11.6. The number of carbonyl (C=O) groups excluding carboxylic acids is 1. The van der Waals surface area contributed by atoms with E-state index >= 15 is 0 Å². The quantitative estimate of drug-likeness (QED) is 0.111. The van der Waals surface area contributed by atoms with Gasteiger partial charge in [0.05, 0.1) is 18.8 Å². The molecular formula is C33H42O4. The van der Waals surface area contributed by atoms with Gasteiger partial charge in [0.15, 0.2) is 0 Å². The van der Waals surface area contributed by atoms with Crippen molar-refractivity contribution < 1.29 is 19.0 Å². The van der Waals surface area contributed by atoms with Gasteiger partial charge >= 0.3 is 5.97 Å². The van der Waals surface area contributed by atoms with Gasteiger partial charge in [-0.15, -0.1) is 0 Å². The first kappa shape index (κ1) is 28.3. The second-order valence-electron chi connectivity index (χ2n) is 9.76. The summed E-state index contributed by atoms with van der Waals surface area (Å²) in [5.74, 6) is 2.34. The molecule has 0 bridgehead atoms. The average Bonchev–Trinajstić information content (AvgIpc) is 2.94. The predicted molar refractivity (Wildman–Crippen MR) is 152 cm³/mol. The van der Waals surface area contributed by atoms with E-state index in [0.717, 1.165) is 42.1 Å². The zero-order chi connectivity index (χ0) is 26.3. The van der Waals surface area contributed by atoms with Crippen molar-refractivity contribution in [2.75, 3.05) is 13.2 Å². The van der Waals surface area contributed by atoms with E-state index in [1.165, 1.54) is 38.5 Å². The summed E-state index contributed by atoms with van der Waals surface area (Å²) in [6, 6.07) is 22.8. The predicted octanol–water partition coefficient (Wildman–Crippen LogP) is 9.13. The number of benzene rings is 3. The molecule has 0 radical (unpaired) electrons. The zero-order valence-corrected chi connectivity index (χ0v) is 22.7. The lowest BCUT2D eigenvalue weighted by Crippen LogP contribution is -2.08. The van der Waals surface area contributed by atoms with Crippen molar-refractivity contribution in [1.82, 2.24) is 0 Å². The molecule has 37 heavy (non-hydrogen) atoms. The molecule has 1 atom stereocenters. The molecule has 0 saturated heterocycles. The molecule has 4 nitrogen and oxygen atoms in total. The first-order valence-corrected chi connectivity index (χ1v) is 13.9. The van der Waals surface area contributed by atoms with Crippen LogP contribution in [0, 0.1) is 5.92 Å². The van der Waals surface area contributed by atoms with E-state index in [2.05, 4.69) is 20.8 Å². The second kappa shape index (κ2) is 15.8. The molecule has 0 amide bonds. The number of ether oxygens (including phenoxy) is 3. The Kier molecular flexibility index (Phi) is 12.1. The molecule has 198 valence electrons. The van der Waals surface area contributed by atoms with Crippen LogP contribution in [-0.2, 0) is 0 Å². The number of esters is 1. The van der Waals surface area contributed by atoms with Gasteiger partial charge in [-0.2, -0.15) is 0 Å². The summed E-state index contributed by atoms with van der Waals surface area (Å²) in [6.45, 7) is 8.03. The molecule has 3 aromatic rings. The summed E-state index contributed by atoms with van der Waals surface area (Å²) in [5, 5.41) is 0. The highest BCUT2D eigenvalue weighted by atomic mass is 16.5. The molecule has 3 rings (SSSR count). The van der Waals surface area contributed by atoms with E-state index in [1.54, 1.807) is 24.3 Å². The van der Waals surface area contributed by atoms with Crippen molar-refractivity contribution in [3.05, 3.63) is 78.4 Å². The lowest BCUT2D eigenvalue weighted by Gasteiger charge is -2.11. The van der Waals surface area contributed by atoms with E-state index in [4.69, 9.17) is 14.2 Å². The van der Waals surface area contributed by atoms with Crippen LogP contribution in [0.3, 0.4) is 0 Å². The van der Waals surface area contributed by atoms with Crippen LogP contribution in [0.2, 0.25) is 0 Å². The molecular weight excluding hydrogens is 460 g/mol. The van der Waals surface area contributed by atoms with Gasteiger partial charge in [-0.1, -0.05) is 90.0 Å². The van der Waals surface area contributed by atoms with E-state index < -0.39 is 0 Å². The zero-order valence-electron chi connectivity index (χ0n) is 22.7. The van der Waals surface area contributed by atoms with E-state index in [1.807, 2.05) is 48.5 Å². The fraction of sp³-hybridized carbons (Fsp3) is 0.424. The van der Waals surface area contributed by atoms with Crippen molar-refractivity contribution in [3.63, 3.8) is 0 Å². The summed E-state index contributed by atoms with van der Waals surface area (Å²) < 4.78 is 17.2. The Morgan fingerprint density at radius 1 is 0.649 bits per heavy atom. The second-order valence-corrected chi connectivity index (χ2v) is 9.76. The van der Waals surface area contributed by atoms with Crippen LogP contribution >= 0.6 is 0 Å². The van der Waals surface area contributed by atoms with E-state index in [-0.39, 0.29) is 5.97 Å². The minimum absolute atomic E-state index is 0.378. The van der Waals surface area contributed by atoms with Crippen LogP contribution in [0.25, 0.3) is 11.1 Å². The van der Waals surface area contributed by atoms with Crippen LogP contribution in [-0.4, -0.2) is 19.2 Å². The number of carbonyl (C=O) groups is 1. The third-order valence-corrected chi connectivity index (χ3v) is 6.59. The van der Waals surface area contributed by atoms with Gasteiger partial charge in [0, 0.05) is 0 Å². The lowest BCUT2D eigenvalue weighted by molar-refractivity contribution is 0.0734. The van der Waals surface area contributed by atoms with Crippen molar-refractivity contribution in [3.8, 4) is 28.4 Å². The Hall–Kier alpha value is -3.27. The Morgan fingerprint density at radius 2 is 1.16 bits per heavy atom. The Bertz CT molecular complexity index is 1040. The highest BCUT2D eigenvalue weighted by molar-refractivity contribution is 5.91. The van der Waals surface area contributed by atoms with Gasteiger partial charge < -0.3 is 14.2 Å². The highest BCUT2D eigenvalue weighted by Gasteiger charge is 2.10. The van der Waals surface area contributed by atoms with Crippen LogP contribution in [0.15, 0.2) is 72.8 Å². The molecule has 1 unspecified atom stereocenters. The summed E-state index contributed by atoms with van der Waals surface area (Å²) in [6.07, 6.45) is 9.92. The molecule has 0 N–H and O–H groups in total. The first-order chi connectivity index (χ1) is 18.1. The Labute approximate surface area is 223 Å². The molecule has 0 fully saturated rings. The summed E-state index contributed by atoms with van der Waals surface area (Å²) in [7, 11) is 0. The maximum Gasteiger partial charge on any atom is 0.343 e. The number of rotatable bonds is 16. The lowest BCUT2D eigenvalue weighted by atomic mass is 10.0. The van der Waals surface area contributed by atoms with Crippen molar-refractivity contribution in [1.29, 1.82) is 0 Å². The maximum atomic E-state index is 12.6. The van der Waals surface area contributed by atoms with Gasteiger partial charge in [0.2, 0.25) is 0 Å². The number of hydrogen-bond donors (Lipinski definition) is 0. The number of unbranched alkanes of at least 4 members (excludes halogenated alkanes) is 6. The minimum Gasteiger partial charge on any atom is -0.494 e. The third-order valence-electron chi connectivity index (χ3n) is 6.59. The molecule has 0 saturated carbocycles. The average molecular weight is 503 g/mol. The molecule has 0 heterocycles. The van der Waals surface area contributed by atoms with Crippen molar-refractivity contribution in [2.24, 2.45) is 5.92 Å². The smallest absolute Gasteiger partial charge is 0.343 e. The van der Waals surface area contributed by atoms with Gasteiger partial charge in [0.25, 0.3) is 0 Å². The fourth-order valence-corrected chi connectivity index (χ4v) is 3.92. The SMILES string of the molecule is CCCCCCCCCOc1ccc(OC(=O)c2ccc(-c3ccc(OCC(C)CC)cc3)cc2)cc1.